The normalized spacial score (nSPS) is 11.6. The summed E-state index contributed by atoms with van der Waals surface area (Å²) in [7, 11) is 1.87. The highest BCUT2D eigenvalue weighted by Gasteiger charge is 2.03. The van der Waals surface area contributed by atoms with Gasteiger partial charge in [-0.2, -0.15) is 5.10 Å². The second-order valence-electron chi connectivity index (χ2n) is 5.66. The molecule has 0 spiro atoms. The van der Waals surface area contributed by atoms with E-state index in [4.69, 9.17) is 4.74 Å². The van der Waals surface area contributed by atoms with Crippen LogP contribution >= 0.6 is 0 Å². The zero-order valence-electron chi connectivity index (χ0n) is 14.8. The second-order valence-corrected chi connectivity index (χ2v) is 5.66. The highest BCUT2D eigenvalue weighted by Crippen LogP contribution is 2.14. The van der Waals surface area contributed by atoms with E-state index in [1.54, 1.807) is 11.0 Å². The summed E-state index contributed by atoms with van der Waals surface area (Å²) in [4.78, 5) is 8.79. The van der Waals surface area contributed by atoms with Gasteiger partial charge in [0.2, 0.25) is 0 Å². The molecule has 0 atom stereocenters. The lowest BCUT2D eigenvalue weighted by Crippen LogP contribution is -2.37. The molecule has 0 unspecified atom stereocenters. The molecule has 1 aromatic heterocycles. The van der Waals surface area contributed by atoms with Crippen molar-refractivity contribution < 1.29 is 4.74 Å². The summed E-state index contributed by atoms with van der Waals surface area (Å²) >= 11 is 0. The number of guanidine groups is 1. The lowest BCUT2D eigenvalue weighted by molar-refractivity contribution is 0.242. The summed E-state index contributed by atoms with van der Waals surface area (Å²) in [6.07, 6.45) is 1.72. The molecule has 0 saturated carbocycles. The van der Waals surface area contributed by atoms with E-state index >= 15 is 0 Å². The van der Waals surface area contributed by atoms with Gasteiger partial charge in [0, 0.05) is 13.6 Å². The van der Waals surface area contributed by atoms with Gasteiger partial charge >= 0.3 is 0 Å². The van der Waals surface area contributed by atoms with Crippen LogP contribution in [0.1, 0.15) is 32.2 Å². The van der Waals surface area contributed by atoms with E-state index < -0.39 is 0 Å². The van der Waals surface area contributed by atoms with Gasteiger partial charge < -0.3 is 15.4 Å². The fourth-order valence-corrected chi connectivity index (χ4v) is 2.10. The number of aryl methyl sites for hydroxylation is 1. The molecule has 0 aliphatic carbocycles. The first-order valence-corrected chi connectivity index (χ1v) is 8.19. The van der Waals surface area contributed by atoms with Crippen molar-refractivity contribution in [1.82, 2.24) is 25.4 Å². The topological polar surface area (TPSA) is 76.4 Å². The first kappa shape index (κ1) is 17.8. The van der Waals surface area contributed by atoms with Gasteiger partial charge in [-0.1, -0.05) is 12.1 Å². The number of aliphatic imine (C=N–C) groups is 1. The molecule has 7 nitrogen and oxygen atoms in total. The van der Waals surface area contributed by atoms with Crippen LogP contribution in [-0.2, 0) is 20.1 Å². The van der Waals surface area contributed by atoms with E-state index in [-0.39, 0.29) is 6.10 Å². The number of aromatic nitrogens is 3. The molecular weight excluding hydrogens is 304 g/mol. The molecule has 130 valence electrons. The van der Waals surface area contributed by atoms with Gasteiger partial charge in [0.25, 0.3) is 0 Å². The van der Waals surface area contributed by atoms with Crippen molar-refractivity contribution in [1.29, 1.82) is 0 Å². The molecule has 7 heteroatoms. The van der Waals surface area contributed by atoms with E-state index in [0.717, 1.165) is 29.6 Å². The number of nitrogens with zero attached hydrogens (tertiary/aromatic N) is 4. The monoisotopic (exact) mass is 330 g/mol. The zero-order valence-corrected chi connectivity index (χ0v) is 14.8. The predicted molar refractivity (Wildman–Crippen MR) is 94.9 cm³/mol. The fraction of sp³-hybridized carbons (Fsp3) is 0.471. The van der Waals surface area contributed by atoms with Gasteiger partial charge in [-0.05, 0) is 38.5 Å². The number of nitrogens with one attached hydrogen (secondary N) is 2. The van der Waals surface area contributed by atoms with Gasteiger partial charge in [-0.15, -0.1) is 0 Å². The molecule has 0 aliphatic rings. The molecule has 1 heterocycles. The third-order valence-electron chi connectivity index (χ3n) is 3.28. The van der Waals surface area contributed by atoms with Crippen molar-refractivity contribution in [3.63, 3.8) is 0 Å². The molecule has 1 aromatic carbocycles. The molecule has 0 amide bonds. The minimum absolute atomic E-state index is 0.180. The summed E-state index contributed by atoms with van der Waals surface area (Å²) < 4.78 is 7.39. The van der Waals surface area contributed by atoms with Gasteiger partial charge in [0.05, 0.1) is 19.2 Å². The average molecular weight is 330 g/mol. The van der Waals surface area contributed by atoms with Crippen LogP contribution in [0.3, 0.4) is 0 Å². The summed E-state index contributed by atoms with van der Waals surface area (Å²) in [5, 5.41) is 10.5. The third kappa shape index (κ3) is 5.57. The number of ether oxygens (including phenoxy) is 1. The van der Waals surface area contributed by atoms with Crippen LogP contribution in [0, 0.1) is 0 Å². The summed E-state index contributed by atoms with van der Waals surface area (Å²) in [6.45, 7) is 8.04. The standard InChI is InChI=1S/C17H26N6O/c1-5-18-17(20-11-16-21-12-22-23(16)4)19-10-14-6-8-15(9-7-14)24-13(2)3/h6-9,12-13H,5,10-11H2,1-4H3,(H2,18,19,20). The van der Waals surface area contributed by atoms with Crippen molar-refractivity contribution in [2.75, 3.05) is 6.54 Å². The van der Waals surface area contributed by atoms with Gasteiger partial charge in [0.1, 0.15) is 17.9 Å². The molecule has 0 bridgehead atoms. The highest BCUT2D eigenvalue weighted by molar-refractivity contribution is 5.79. The fourth-order valence-electron chi connectivity index (χ4n) is 2.10. The van der Waals surface area contributed by atoms with E-state index in [9.17, 15) is 0 Å². The van der Waals surface area contributed by atoms with Gasteiger partial charge in [-0.3, -0.25) is 4.68 Å². The Labute approximate surface area is 143 Å². The smallest absolute Gasteiger partial charge is 0.191 e. The molecule has 0 aliphatic heterocycles. The van der Waals surface area contributed by atoms with Crippen LogP contribution in [0.15, 0.2) is 35.6 Å². The van der Waals surface area contributed by atoms with Crippen LogP contribution in [0.2, 0.25) is 0 Å². The van der Waals surface area contributed by atoms with Crippen LogP contribution in [0.25, 0.3) is 0 Å². The van der Waals surface area contributed by atoms with Gasteiger partial charge in [-0.25, -0.2) is 9.98 Å². The quantitative estimate of drug-likeness (QED) is 0.598. The minimum atomic E-state index is 0.180. The maximum atomic E-state index is 5.65. The summed E-state index contributed by atoms with van der Waals surface area (Å²) in [5.41, 5.74) is 1.13. The molecular formula is C17H26N6O. The number of hydrogen-bond acceptors (Lipinski definition) is 4. The van der Waals surface area contributed by atoms with Crippen molar-refractivity contribution >= 4 is 5.96 Å². The maximum absolute atomic E-state index is 5.65. The van der Waals surface area contributed by atoms with Crippen molar-refractivity contribution in [2.45, 2.75) is 40.0 Å². The Hall–Kier alpha value is -2.57. The van der Waals surface area contributed by atoms with Crippen LogP contribution < -0.4 is 15.4 Å². The molecule has 24 heavy (non-hydrogen) atoms. The SMILES string of the molecule is CCNC(=NCc1ccc(OC(C)C)cc1)NCc1ncnn1C. The van der Waals surface area contributed by atoms with Crippen LogP contribution in [0.4, 0.5) is 0 Å². The highest BCUT2D eigenvalue weighted by atomic mass is 16.5. The molecule has 0 radical (unpaired) electrons. The third-order valence-corrected chi connectivity index (χ3v) is 3.28. The van der Waals surface area contributed by atoms with Crippen LogP contribution in [0.5, 0.6) is 5.75 Å². The number of hydrogen-bond donors (Lipinski definition) is 2. The molecule has 2 rings (SSSR count). The Morgan fingerprint density at radius 1 is 1.25 bits per heavy atom. The lowest BCUT2D eigenvalue weighted by atomic mass is 10.2. The van der Waals surface area contributed by atoms with Crippen molar-refractivity contribution in [2.24, 2.45) is 12.0 Å². The van der Waals surface area contributed by atoms with Crippen LogP contribution in [-0.4, -0.2) is 33.4 Å². The largest absolute Gasteiger partial charge is 0.491 e. The van der Waals surface area contributed by atoms with E-state index in [0.29, 0.717) is 13.1 Å². The minimum Gasteiger partial charge on any atom is -0.491 e. The molecule has 0 saturated heterocycles. The molecule has 0 fully saturated rings. The average Bonchev–Trinajstić information content (AvgIpc) is 2.96. The Balaban J connectivity index is 1.93. The van der Waals surface area contributed by atoms with Crippen molar-refractivity contribution in [3.05, 3.63) is 42.0 Å². The van der Waals surface area contributed by atoms with E-state index in [1.165, 1.54) is 0 Å². The van der Waals surface area contributed by atoms with Crippen molar-refractivity contribution in [3.8, 4) is 5.75 Å². The second kappa shape index (κ2) is 8.90. The lowest BCUT2D eigenvalue weighted by Gasteiger charge is -2.11. The number of benzene rings is 1. The van der Waals surface area contributed by atoms with E-state index in [1.807, 2.05) is 52.1 Å². The Morgan fingerprint density at radius 2 is 2.00 bits per heavy atom. The summed E-state index contributed by atoms with van der Waals surface area (Å²) in [5.74, 6) is 2.49. The zero-order chi connectivity index (χ0) is 17.4. The van der Waals surface area contributed by atoms with E-state index in [2.05, 4.69) is 25.7 Å². The molecule has 2 aromatic rings. The first-order chi connectivity index (χ1) is 11.6. The Morgan fingerprint density at radius 3 is 2.58 bits per heavy atom. The summed E-state index contributed by atoms with van der Waals surface area (Å²) in [6, 6.07) is 8.02. The first-order valence-electron chi connectivity index (χ1n) is 8.19. The Kier molecular flexibility index (Phi) is 6.60. The van der Waals surface area contributed by atoms with Gasteiger partial charge in [0.15, 0.2) is 5.96 Å². The predicted octanol–water partition coefficient (Wildman–Crippen LogP) is 1.86. The maximum Gasteiger partial charge on any atom is 0.191 e. The molecule has 2 N–H and O–H groups in total. The Bertz CT molecular complexity index is 647. The number of rotatable bonds is 7.